The fraction of sp³-hybridized carbons (Fsp3) is 0.364. The lowest BCUT2D eigenvalue weighted by Crippen LogP contribution is -2.36. The Labute approximate surface area is 185 Å². The van der Waals surface area contributed by atoms with Crippen molar-refractivity contribution >= 4 is 45.8 Å². The van der Waals surface area contributed by atoms with Gasteiger partial charge in [-0.1, -0.05) is 23.2 Å². The van der Waals surface area contributed by atoms with E-state index < -0.39 is 0 Å². The molecule has 3 aromatic rings. The summed E-state index contributed by atoms with van der Waals surface area (Å²) < 4.78 is 7.49. The van der Waals surface area contributed by atoms with E-state index in [2.05, 4.69) is 20.2 Å². The van der Waals surface area contributed by atoms with Crippen LogP contribution in [0, 0.1) is 6.92 Å². The highest BCUT2D eigenvalue weighted by Crippen LogP contribution is 2.30. The first kappa shape index (κ1) is 21.1. The van der Waals surface area contributed by atoms with Crippen LogP contribution in [-0.4, -0.2) is 41.3 Å². The van der Waals surface area contributed by atoms with Gasteiger partial charge in [0.25, 0.3) is 5.91 Å². The maximum atomic E-state index is 12.7. The lowest BCUT2D eigenvalue weighted by molar-refractivity contribution is 0.0779. The van der Waals surface area contributed by atoms with E-state index in [0.717, 1.165) is 55.7 Å². The van der Waals surface area contributed by atoms with Crippen LogP contribution in [0.3, 0.4) is 0 Å². The molecule has 1 fully saturated rings. The molecule has 1 saturated heterocycles. The molecular formula is C22H24Cl2N4O2. The minimum absolute atomic E-state index is 0.301. The van der Waals surface area contributed by atoms with Gasteiger partial charge in [-0.25, -0.2) is 4.98 Å². The highest BCUT2D eigenvalue weighted by atomic mass is 35.5. The maximum Gasteiger partial charge on any atom is 0.258 e. The number of nitrogens with zero attached hydrogens (tertiary/aromatic N) is 2. The predicted molar refractivity (Wildman–Crippen MR) is 121 cm³/mol. The van der Waals surface area contributed by atoms with E-state index in [9.17, 15) is 4.79 Å². The summed E-state index contributed by atoms with van der Waals surface area (Å²) in [5.74, 6) is -0.301. The summed E-state index contributed by atoms with van der Waals surface area (Å²) >= 11 is 12.5. The van der Waals surface area contributed by atoms with Gasteiger partial charge in [-0.2, -0.15) is 0 Å². The van der Waals surface area contributed by atoms with E-state index in [0.29, 0.717) is 27.3 Å². The van der Waals surface area contributed by atoms with Crippen molar-refractivity contribution in [1.29, 1.82) is 0 Å². The summed E-state index contributed by atoms with van der Waals surface area (Å²) in [6.45, 7) is 5.25. The molecule has 0 saturated carbocycles. The number of hydrogen-bond donors (Lipinski definition) is 2. The minimum atomic E-state index is -0.301. The predicted octanol–water partition coefficient (Wildman–Crippen LogP) is 4.67. The zero-order valence-electron chi connectivity index (χ0n) is 16.8. The number of ether oxygens (including phenoxy) is 1. The first-order chi connectivity index (χ1) is 14.5. The van der Waals surface area contributed by atoms with Crippen molar-refractivity contribution in [3.8, 4) is 0 Å². The number of aromatic nitrogens is 2. The Kier molecular flexibility index (Phi) is 6.58. The number of halogens is 2. The van der Waals surface area contributed by atoms with Crippen molar-refractivity contribution < 1.29 is 9.53 Å². The smallest absolute Gasteiger partial charge is 0.258 e. The number of carbonyl (C=O) groups is 1. The molecule has 30 heavy (non-hydrogen) atoms. The van der Waals surface area contributed by atoms with Gasteiger partial charge in [0.1, 0.15) is 5.65 Å². The number of hydrogen-bond acceptors (Lipinski definition) is 4. The molecule has 0 aliphatic carbocycles. The second-order valence-electron chi connectivity index (χ2n) is 7.49. The van der Waals surface area contributed by atoms with Crippen molar-refractivity contribution in [2.75, 3.05) is 25.1 Å². The van der Waals surface area contributed by atoms with E-state index in [4.69, 9.17) is 27.9 Å². The lowest BCUT2D eigenvalue weighted by atomic mass is 10.1. The van der Waals surface area contributed by atoms with Crippen molar-refractivity contribution in [3.63, 3.8) is 0 Å². The molecule has 2 aromatic heterocycles. The molecule has 8 heteroatoms. The van der Waals surface area contributed by atoms with Gasteiger partial charge in [-0.05, 0) is 49.6 Å². The number of pyridine rings is 1. The van der Waals surface area contributed by atoms with E-state index in [-0.39, 0.29) is 5.91 Å². The second kappa shape index (κ2) is 9.35. The summed E-state index contributed by atoms with van der Waals surface area (Å²) in [5, 5.41) is 8.26. The average molecular weight is 447 g/mol. The third-order valence-electron chi connectivity index (χ3n) is 5.37. The van der Waals surface area contributed by atoms with E-state index in [1.165, 1.54) is 6.20 Å². The molecule has 1 aliphatic heterocycles. The second-order valence-corrected chi connectivity index (χ2v) is 8.31. The summed E-state index contributed by atoms with van der Waals surface area (Å²) in [4.78, 5) is 17.3. The van der Waals surface area contributed by atoms with Crippen molar-refractivity contribution in [1.82, 2.24) is 14.9 Å². The third kappa shape index (κ3) is 4.62. The van der Waals surface area contributed by atoms with Gasteiger partial charge in [-0.3, -0.25) is 4.79 Å². The molecule has 3 heterocycles. The van der Waals surface area contributed by atoms with Crippen LogP contribution in [-0.2, 0) is 11.3 Å². The van der Waals surface area contributed by atoms with Crippen LogP contribution in [0.1, 0.15) is 28.8 Å². The highest BCUT2D eigenvalue weighted by molar-refractivity contribution is 6.39. The van der Waals surface area contributed by atoms with Crippen LogP contribution in [0.25, 0.3) is 11.0 Å². The van der Waals surface area contributed by atoms with Crippen LogP contribution in [0.2, 0.25) is 10.0 Å². The van der Waals surface area contributed by atoms with Gasteiger partial charge in [0.15, 0.2) is 0 Å². The molecule has 6 nitrogen and oxygen atoms in total. The lowest BCUT2D eigenvalue weighted by Gasteiger charge is -2.23. The number of benzene rings is 1. The minimum Gasteiger partial charge on any atom is -0.381 e. The molecule has 0 radical (unpaired) electrons. The fourth-order valence-corrected chi connectivity index (χ4v) is 4.25. The fourth-order valence-electron chi connectivity index (χ4n) is 3.76. The summed E-state index contributed by atoms with van der Waals surface area (Å²) in [6, 6.07) is 7.43. The van der Waals surface area contributed by atoms with E-state index >= 15 is 0 Å². The first-order valence-electron chi connectivity index (χ1n) is 10.0. The van der Waals surface area contributed by atoms with Crippen molar-refractivity contribution in [3.05, 3.63) is 57.8 Å². The molecule has 0 spiro atoms. The molecular weight excluding hydrogens is 423 g/mol. The van der Waals surface area contributed by atoms with Crippen LogP contribution in [0.4, 0.5) is 5.69 Å². The molecule has 1 amide bonds. The monoisotopic (exact) mass is 446 g/mol. The number of anilines is 1. The standard InChI is InChI=1S/C22H24Cl2N4O2/c1-14-13-28(9-8-25-16-6-10-30-11-7-16)21-19(14)20(24)18(12-26-21)22(29)27-17-4-2-15(23)3-5-17/h2-5,12-13,16,25H,6-11H2,1H3,(H,27,29). The zero-order valence-corrected chi connectivity index (χ0v) is 18.3. The quantitative estimate of drug-likeness (QED) is 0.576. The normalized spacial score (nSPS) is 14.9. The molecule has 4 rings (SSSR count). The Morgan fingerprint density at radius 2 is 1.97 bits per heavy atom. The number of aryl methyl sites for hydroxylation is 1. The Bertz CT molecular complexity index is 1040. The van der Waals surface area contributed by atoms with Gasteiger partial charge in [0, 0.05) is 60.8 Å². The Balaban J connectivity index is 1.50. The SMILES string of the molecule is Cc1cn(CCNC2CCOCC2)c2ncc(C(=O)Nc3ccc(Cl)cc3)c(Cl)c12. The highest BCUT2D eigenvalue weighted by Gasteiger charge is 2.19. The Morgan fingerprint density at radius 3 is 2.70 bits per heavy atom. The van der Waals surface area contributed by atoms with Crippen LogP contribution < -0.4 is 10.6 Å². The van der Waals surface area contributed by atoms with Gasteiger partial charge < -0.3 is 19.9 Å². The number of amides is 1. The van der Waals surface area contributed by atoms with Gasteiger partial charge in [0.2, 0.25) is 0 Å². The van der Waals surface area contributed by atoms with E-state index in [1.54, 1.807) is 24.3 Å². The van der Waals surface area contributed by atoms with Crippen LogP contribution in [0.15, 0.2) is 36.7 Å². The molecule has 0 atom stereocenters. The molecule has 0 bridgehead atoms. The Morgan fingerprint density at radius 1 is 1.23 bits per heavy atom. The maximum absolute atomic E-state index is 12.7. The molecule has 1 aliphatic rings. The van der Waals surface area contributed by atoms with E-state index in [1.807, 2.05) is 13.1 Å². The first-order valence-corrected chi connectivity index (χ1v) is 10.8. The topological polar surface area (TPSA) is 68.2 Å². The average Bonchev–Trinajstić information content (AvgIpc) is 3.07. The van der Waals surface area contributed by atoms with Crippen LogP contribution >= 0.6 is 23.2 Å². The van der Waals surface area contributed by atoms with Gasteiger partial charge in [-0.15, -0.1) is 0 Å². The van der Waals surface area contributed by atoms with Crippen molar-refractivity contribution in [2.45, 2.75) is 32.4 Å². The molecule has 1 aromatic carbocycles. The molecule has 158 valence electrons. The third-order valence-corrected chi connectivity index (χ3v) is 6.01. The zero-order chi connectivity index (χ0) is 21.1. The summed E-state index contributed by atoms with van der Waals surface area (Å²) in [5.41, 5.74) is 2.78. The van der Waals surface area contributed by atoms with Gasteiger partial charge >= 0.3 is 0 Å². The number of carbonyl (C=O) groups excluding carboxylic acids is 1. The Hall–Kier alpha value is -2.12. The number of nitrogens with one attached hydrogen (secondary N) is 2. The number of rotatable bonds is 6. The van der Waals surface area contributed by atoms with Gasteiger partial charge in [0.05, 0.1) is 10.6 Å². The largest absolute Gasteiger partial charge is 0.381 e. The molecule has 2 N–H and O–H groups in total. The summed E-state index contributed by atoms with van der Waals surface area (Å²) in [7, 11) is 0. The molecule has 0 unspecified atom stereocenters. The number of fused-ring (bicyclic) bond motifs is 1. The van der Waals surface area contributed by atoms with Crippen molar-refractivity contribution in [2.24, 2.45) is 0 Å². The summed E-state index contributed by atoms with van der Waals surface area (Å²) in [6.07, 6.45) is 5.66. The van der Waals surface area contributed by atoms with Crippen LogP contribution in [0.5, 0.6) is 0 Å².